The average Bonchev–Trinajstić information content (AvgIpc) is 3.04. The van der Waals surface area contributed by atoms with Crippen LogP contribution in [-0.2, 0) is 11.3 Å². The van der Waals surface area contributed by atoms with Crippen molar-refractivity contribution >= 4 is 28.8 Å². The number of nitrogens with zero attached hydrogens (tertiary/aromatic N) is 1. The van der Waals surface area contributed by atoms with E-state index in [-0.39, 0.29) is 5.91 Å². The average molecular weight is 296 g/mol. The fourth-order valence-electron chi connectivity index (χ4n) is 3.48. The van der Waals surface area contributed by atoms with Gasteiger partial charge in [0.05, 0.1) is 10.9 Å². The Morgan fingerprint density at radius 2 is 2.21 bits per heavy atom. The molecule has 0 bridgehead atoms. The molecule has 3 rings (SSSR count). The van der Waals surface area contributed by atoms with Gasteiger partial charge in [-0.3, -0.25) is 4.79 Å². The summed E-state index contributed by atoms with van der Waals surface area (Å²) in [5, 5.41) is 0. The fourth-order valence-corrected chi connectivity index (χ4v) is 4.85. The summed E-state index contributed by atoms with van der Waals surface area (Å²) in [6.07, 6.45) is 6.64. The van der Waals surface area contributed by atoms with E-state index in [0.717, 1.165) is 10.9 Å². The number of carbonyl (C=O) groups is 1. The van der Waals surface area contributed by atoms with Gasteiger partial charge in [-0.2, -0.15) is 0 Å². The van der Waals surface area contributed by atoms with E-state index in [9.17, 15) is 4.79 Å². The second-order valence-electron chi connectivity index (χ2n) is 5.50. The van der Waals surface area contributed by atoms with E-state index in [4.69, 9.17) is 11.6 Å². The number of rotatable bonds is 2. The molecule has 1 aliphatic carbocycles. The Morgan fingerprint density at radius 1 is 1.47 bits per heavy atom. The lowest BCUT2D eigenvalue weighted by Crippen LogP contribution is -2.38. The molecule has 2 heterocycles. The number of amides is 1. The molecule has 0 N–H and O–H groups in total. The molecule has 2 aliphatic rings. The van der Waals surface area contributed by atoms with Gasteiger partial charge in [-0.1, -0.05) is 31.0 Å². The van der Waals surface area contributed by atoms with Crippen molar-refractivity contribution in [2.24, 2.45) is 5.92 Å². The normalized spacial score (nSPS) is 23.4. The van der Waals surface area contributed by atoms with Crippen molar-refractivity contribution in [2.75, 3.05) is 6.54 Å². The van der Waals surface area contributed by atoms with Crippen molar-refractivity contribution < 1.29 is 4.79 Å². The third kappa shape index (κ3) is 2.46. The van der Waals surface area contributed by atoms with Gasteiger partial charge in [-0.05, 0) is 36.5 Å². The molecule has 0 aromatic carbocycles. The van der Waals surface area contributed by atoms with Gasteiger partial charge in [0.2, 0.25) is 5.91 Å². The van der Waals surface area contributed by atoms with Crippen molar-refractivity contribution in [3.05, 3.63) is 33.5 Å². The molecular formula is C15H18ClNOS. The lowest BCUT2D eigenvalue weighted by atomic mass is 9.82. The first kappa shape index (κ1) is 13.2. The molecule has 1 atom stereocenters. The Bertz CT molecular complexity index is 504. The molecule has 102 valence electrons. The van der Waals surface area contributed by atoms with Crippen molar-refractivity contribution in [3.63, 3.8) is 0 Å². The van der Waals surface area contributed by atoms with Gasteiger partial charge in [-0.25, -0.2) is 0 Å². The van der Waals surface area contributed by atoms with Crippen LogP contribution in [0, 0.1) is 5.92 Å². The first-order valence-corrected chi connectivity index (χ1v) is 8.08. The van der Waals surface area contributed by atoms with Crippen molar-refractivity contribution in [1.82, 2.24) is 4.90 Å². The Labute approximate surface area is 123 Å². The summed E-state index contributed by atoms with van der Waals surface area (Å²) in [4.78, 5) is 15.1. The van der Waals surface area contributed by atoms with Crippen LogP contribution < -0.4 is 0 Å². The Kier molecular flexibility index (Phi) is 3.68. The maximum atomic E-state index is 11.9. The SMILES string of the molecule is C=CC(=O)N1Cc2sc(Cl)cc2[C@@H](C2CCCC2)C1. The summed E-state index contributed by atoms with van der Waals surface area (Å²) in [7, 11) is 0. The zero-order valence-corrected chi connectivity index (χ0v) is 12.5. The van der Waals surface area contributed by atoms with Crippen LogP contribution in [-0.4, -0.2) is 17.4 Å². The van der Waals surface area contributed by atoms with Crippen LogP contribution in [0.3, 0.4) is 0 Å². The first-order chi connectivity index (χ1) is 9.19. The highest BCUT2D eigenvalue weighted by molar-refractivity contribution is 7.16. The summed E-state index contributed by atoms with van der Waals surface area (Å²) in [5.41, 5.74) is 1.40. The van der Waals surface area contributed by atoms with E-state index in [1.165, 1.54) is 42.2 Å². The molecule has 1 aromatic heterocycles. The van der Waals surface area contributed by atoms with Gasteiger partial charge in [0.15, 0.2) is 0 Å². The number of hydrogen-bond acceptors (Lipinski definition) is 2. The van der Waals surface area contributed by atoms with E-state index in [1.807, 2.05) is 4.90 Å². The van der Waals surface area contributed by atoms with Gasteiger partial charge in [0, 0.05) is 17.3 Å². The molecule has 0 unspecified atom stereocenters. The zero-order chi connectivity index (χ0) is 13.4. The first-order valence-electron chi connectivity index (χ1n) is 6.88. The molecule has 2 nitrogen and oxygen atoms in total. The summed E-state index contributed by atoms with van der Waals surface area (Å²) < 4.78 is 0.848. The van der Waals surface area contributed by atoms with Crippen LogP contribution in [0.1, 0.15) is 42.0 Å². The molecule has 1 amide bonds. The molecule has 4 heteroatoms. The smallest absolute Gasteiger partial charge is 0.246 e. The highest BCUT2D eigenvalue weighted by Crippen LogP contribution is 2.45. The molecular weight excluding hydrogens is 278 g/mol. The molecule has 1 aliphatic heterocycles. The molecule has 1 fully saturated rings. The Hall–Kier alpha value is -0.800. The summed E-state index contributed by atoms with van der Waals surface area (Å²) in [6.45, 7) is 5.13. The van der Waals surface area contributed by atoms with Crippen molar-refractivity contribution in [2.45, 2.75) is 38.1 Å². The molecule has 0 saturated heterocycles. The topological polar surface area (TPSA) is 20.3 Å². The third-order valence-corrected chi connectivity index (χ3v) is 5.68. The third-order valence-electron chi connectivity index (χ3n) is 4.42. The maximum absolute atomic E-state index is 11.9. The second kappa shape index (κ2) is 5.29. The van der Waals surface area contributed by atoms with Gasteiger partial charge in [-0.15, -0.1) is 11.3 Å². The quantitative estimate of drug-likeness (QED) is 0.749. The number of thiophene rings is 1. The van der Waals surface area contributed by atoms with E-state index in [1.54, 1.807) is 11.3 Å². The number of fused-ring (bicyclic) bond motifs is 1. The standard InChI is InChI=1S/C15H18ClNOS/c1-2-15(18)17-8-12(10-5-3-4-6-10)11-7-14(16)19-13(11)9-17/h2,7,10,12H,1,3-6,8-9H2/t12-/m1/s1. The molecule has 0 radical (unpaired) electrons. The fraction of sp³-hybridized carbons (Fsp3) is 0.533. The minimum absolute atomic E-state index is 0.0400. The summed E-state index contributed by atoms with van der Waals surface area (Å²) >= 11 is 7.80. The van der Waals surface area contributed by atoms with Gasteiger partial charge < -0.3 is 4.90 Å². The minimum Gasteiger partial charge on any atom is -0.333 e. The van der Waals surface area contributed by atoms with Crippen LogP contribution in [0.2, 0.25) is 4.34 Å². The Morgan fingerprint density at radius 3 is 2.89 bits per heavy atom. The van der Waals surface area contributed by atoms with E-state index in [2.05, 4.69) is 12.6 Å². The lowest BCUT2D eigenvalue weighted by molar-refractivity contribution is -0.127. The summed E-state index contributed by atoms with van der Waals surface area (Å²) in [6, 6.07) is 2.13. The monoisotopic (exact) mass is 295 g/mol. The van der Waals surface area contributed by atoms with Gasteiger partial charge in [0.1, 0.15) is 0 Å². The number of carbonyl (C=O) groups excluding carboxylic acids is 1. The van der Waals surface area contributed by atoms with Crippen LogP contribution >= 0.6 is 22.9 Å². The van der Waals surface area contributed by atoms with Crippen LogP contribution in [0.15, 0.2) is 18.7 Å². The lowest BCUT2D eigenvalue weighted by Gasteiger charge is -2.35. The predicted molar refractivity (Wildman–Crippen MR) is 79.6 cm³/mol. The molecule has 0 spiro atoms. The molecule has 19 heavy (non-hydrogen) atoms. The largest absolute Gasteiger partial charge is 0.333 e. The van der Waals surface area contributed by atoms with Gasteiger partial charge in [0.25, 0.3) is 0 Å². The van der Waals surface area contributed by atoms with E-state index >= 15 is 0 Å². The number of hydrogen-bond donors (Lipinski definition) is 0. The van der Waals surface area contributed by atoms with Crippen LogP contribution in [0.5, 0.6) is 0 Å². The molecule has 1 saturated carbocycles. The van der Waals surface area contributed by atoms with Crippen molar-refractivity contribution in [3.8, 4) is 0 Å². The Balaban J connectivity index is 1.92. The highest BCUT2D eigenvalue weighted by Gasteiger charge is 2.35. The van der Waals surface area contributed by atoms with Gasteiger partial charge >= 0.3 is 0 Å². The summed E-state index contributed by atoms with van der Waals surface area (Å²) in [5.74, 6) is 1.22. The van der Waals surface area contributed by atoms with E-state index < -0.39 is 0 Å². The number of halogens is 1. The zero-order valence-electron chi connectivity index (χ0n) is 10.9. The van der Waals surface area contributed by atoms with Crippen LogP contribution in [0.4, 0.5) is 0 Å². The maximum Gasteiger partial charge on any atom is 0.246 e. The minimum atomic E-state index is 0.0400. The highest BCUT2D eigenvalue weighted by atomic mass is 35.5. The molecule has 1 aromatic rings. The van der Waals surface area contributed by atoms with E-state index in [0.29, 0.717) is 18.4 Å². The second-order valence-corrected chi connectivity index (χ2v) is 7.27. The van der Waals surface area contributed by atoms with Crippen LogP contribution in [0.25, 0.3) is 0 Å². The van der Waals surface area contributed by atoms with Crippen molar-refractivity contribution in [1.29, 1.82) is 0 Å². The predicted octanol–water partition coefficient (Wildman–Crippen LogP) is 4.20.